The number of rotatable bonds is 0. The molecule has 0 spiro atoms. The molecule has 3 radical (unpaired) electrons. The van der Waals surface area contributed by atoms with Crippen molar-refractivity contribution < 1.29 is 4.74 Å². The predicted molar refractivity (Wildman–Crippen MR) is 23.5 cm³/mol. The standard InChI is InChI=1S/C3H6NO.Sn/c1-2-5-3-4-1;/h3-4H,1-2H2;. The average Bonchev–Trinajstić information content (AvgIpc) is 1.86. The van der Waals surface area contributed by atoms with Crippen LogP contribution < -0.4 is 5.32 Å². The van der Waals surface area contributed by atoms with Crippen molar-refractivity contribution >= 4 is 22.5 Å². The Kier molecular flexibility index (Phi) is 1.73. The minimum atomic E-state index is 0.386. The quantitative estimate of drug-likeness (QED) is 0.498. The van der Waals surface area contributed by atoms with Gasteiger partial charge in [-0.2, -0.15) is 0 Å². The van der Waals surface area contributed by atoms with Crippen molar-refractivity contribution in [3.05, 3.63) is 0 Å². The topological polar surface area (TPSA) is 21.3 Å². The van der Waals surface area contributed by atoms with E-state index in [1.165, 1.54) is 22.5 Å². The van der Waals surface area contributed by atoms with Crippen molar-refractivity contribution in [1.82, 2.24) is 5.32 Å². The van der Waals surface area contributed by atoms with Crippen molar-refractivity contribution in [2.24, 2.45) is 0 Å². The zero-order valence-corrected chi connectivity index (χ0v) is 6.25. The van der Waals surface area contributed by atoms with Gasteiger partial charge in [0.05, 0.1) is 0 Å². The summed E-state index contributed by atoms with van der Waals surface area (Å²) in [5.74, 6) is 0. The van der Waals surface area contributed by atoms with E-state index >= 15 is 0 Å². The van der Waals surface area contributed by atoms with Crippen LogP contribution in [-0.4, -0.2) is 39.9 Å². The van der Waals surface area contributed by atoms with Gasteiger partial charge in [0.2, 0.25) is 0 Å². The molecule has 1 aliphatic heterocycles. The van der Waals surface area contributed by atoms with Gasteiger partial charge in [-0.3, -0.25) is 0 Å². The van der Waals surface area contributed by atoms with Crippen molar-refractivity contribution in [3.63, 3.8) is 0 Å². The first kappa shape index (κ1) is 4.87. The Morgan fingerprint density at radius 3 is 2.83 bits per heavy atom. The Morgan fingerprint density at radius 2 is 2.67 bits per heavy atom. The predicted octanol–water partition coefficient (Wildman–Crippen LogP) is -0.942. The molecule has 2 nitrogen and oxygen atoms in total. The van der Waals surface area contributed by atoms with Crippen molar-refractivity contribution in [3.8, 4) is 0 Å². The summed E-state index contributed by atoms with van der Waals surface area (Å²) in [6.45, 7) is 1.94. The normalized spacial score (nSPS) is 34.5. The molecule has 0 aromatic carbocycles. The van der Waals surface area contributed by atoms with Gasteiger partial charge in [-0.15, -0.1) is 0 Å². The summed E-state index contributed by atoms with van der Waals surface area (Å²) in [5, 5.41) is 3.14. The Bertz CT molecular complexity index is 44.1. The minimum absolute atomic E-state index is 0.386. The van der Waals surface area contributed by atoms with Crippen LogP contribution in [0.2, 0.25) is 0 Å². The van der Waals surface area contributed by atoms with Crippen molar-refractivity contribution in [2.75, 3.05) is 13.2 Å². The number of ether oxygens (including phenoxy) is 1. The first-order valence-corrected chi connectivity index (χ1v) is 3.60. The fourth-order valence-corrected chi connectivity index (χ4v) is 1.17. The van der Waals surface area contributed by atoms with E-state index in [1.807, 2.05) is 0 Å². The van der Waals surface area contributed by atoms with Gasteiger partial charge >= 0.3 is 50.0 Å². The monoisotopic (exact) mass is 192 g/mol. The third kappa shape index (κ3) is 1.10. The third-order valence-corrected chi connectivity index (χ3v) is 1.77. The summed E-state index contributed by atoms with van der Waals surface area (Å²) < 4.78 is 5.47. The molecule has 0 aromatic heterocycles. The molecule has 1 rings (SSSR count). The molecule has 1 saturated heterocycles. The molecular formula is C3H6NOSn. The molecule has 1 aliphatic rings. The van der Waals surface area contributed by atoms with Gasteiger partial charge in [-0.25, -0.2) is 0 Å². The molecule has 3 heteroatoms. The van der Waals surface area contributed by atoms with Crippen LogP contribution in [0, 0.1) is 0 Å². The van der Waals surface area contributed by atoms with E-state index in [0.717, 1.165) is 13.2 Å². The summed E-state index contributed by atoms with van der Waals surface area (Å²) in [7, 11) is 0. The molecule has 1 unspecified atom stereocenters. The van der Waals surface area contributed by atoms with Gasteiger partial charge in [-0.1, -0.05) is 0 Å². The molecule has 0 aliphatic carbocycles. The van der Waals surface area contributed by atoms with Gasteiger partial charge in [0.1, 0.15) is 0 Å². The average molecular weight is 191 g/mol. The number of hydrogen-bond donors (Lipinski definition) is 1. The second-order valence-corrected chi connectivity index (χ2v) is 2.70. The van der Waals surface area contributed by atoms with Crippen LogP contribution in [0.4, 0.5) is 0 Å². The van der Waals surface area contributed by atoms with Crippen LogP contribution in [0.1, 0.15) is 0 Å². The Hall–Kier alpha value is 0.719. The molecule has 1 heterocycles. The van der Waals surface area contributed by atoms with E-state index in [0.29, 0.717) is 4.24 Å². The molecule has 1 fully saturated rings. The van der Waals surface area contributed by atoms with Crippen molar-refractivity contribution in [1.29, 1.82) is 0 Å². The van der Waals surface area contributed by atoms with Gasteiger partial charge in [-0.05, 0) is 0 Å². The maximum atomic E-state index is 5.08. The Labute approximate surface area is 50.3 Å². The Balaban J connectivity index is 2.18. The molecule has 1 atom stereocenters. The van der Waals surface area contributed by atoms with Crippen LogP contribution in [0.15, 0.2) is 0 Å². The zero-order chi connectivity index (χ0) is 4.41. The van der Waals surface area contributed by atoms with Gasteiger partial charge < -0.3 is 0 Å². The summed E-state index contributed by atoms with van der Waals surface area (Å²) >= 11 is 1.43. The van der Waals surface area contributed by atoms with E-state index in [4.69, 9.17) is 4.74 Å². The van der Waals surface area contributed by atoms with Crippen molar-refractivity contribution in [2.45, 2.75) is 4.24 Å². The fraction of sp³-hybridized carbons (Fsp3) is 1.00. The second kappa shape index (κ2) is 2.14. The van der Waals surface area contributed by atoms with Crippen LogP contribution in [0.5, 0.6) is 0 Å². The fourth-order valence-electron chi connectivity index (χ4n) is 0.426. The number of hydrogen-bond acceptors (Lipinski definition) is 2. The Morgan fingerprint density at radius 1 is 1.83 bits per heavy atom. The summed E-state index contributed by atoms with van der Waals surface area (Å²) in [6.07, 6.45) is 0. The van der Waals surface area contributed by atoms with Crippen LogP contribution in [0.25, 0.3) is 0 Å². The molecule has 1 N–H and O–H groups in total. The molecule has 0 aromatic rings. The summed E-state index contributed by atoms with van der Waals surface area (Å²) in [5.41, 5.74) is 0. The molecule has 0 bridgehead atoms. The molecule has 33 valence electrons. The first-order chi connectivity index (χ1) is 2.89. The molecule has 6 heavy (non-hydrogen) atoms. The first-order valence-electron chi connectivity index (χ1n) is 1.96. The van der Waals surface area contributed by atoms with Crippen LogP contribution in [-0.2, 0) is 4.74 Å². The van der Waals surface area contributed by atoms with E-state index in [1.54, 1.807) is 0 Å². The van der Waals surface area contributed by atoms with Crippen LogP contribution >= 0.6 is 0 Å². The molecular weight excluding hydrogens is 185 g/mol. The van der Waals surface area contributed by atoms with Gasteiger partial charge in [0.25, 0.3) is 0 Å². The van der Waals surface area contributed by atoms with E-state index in [2.05, 4.69) is 5.32 Å². The van der Waals surface area contributed by atoms with Gasteiger partial charge in [0, 0.05) is 0 Å². The SMILES string of the molecule is [Sn][CH]1NCCO1. The third-order valence-electron chi connectivity index (χ3n) is 0.716. The van der Waals surface area contributed by atoms with E-state index in [-0.39, 0.29) is 0 Å². The second-order valence-electron chi connectivity index (χ2n) is 1.20. The zero-order valence-electron chi connectivity index (χ0n) is 3.40. The van der Waals surface area contributed by atoms with E-state index < -0.39 is 0 Å². The summed E-state index contributed by atoms with van der Waals surface area (Å²) in [6, 6.07) is 0. The van der Waals surface area contributed by atoms with Crippen LogP contribution in [0.3, 0.4) is 0 Å². The molecule has 0 saturated carbocycles. The van der Waals surface area contributed by atoms with E-state index in [9.17, 15) is 0 Å². The number of nitrogens with one attached hydrogen (secondary N) is 1. The van der Waals surface area contributed by atoms with Gasteiger partial charge in [0.15, 0.2) is 0 Å². The maximum absolute atomic E-state index is 5.08. The molecule has 0 amide bonds. The summed E-state index contributed by atoms with van der Waals surface area (Å²) in [4.78, 5) is 0.